The molecule has 0 spiro atoms. The highest BCUT2D eigenvalue weighted by atomic mass is 79.9. The quantitative estimate of drug-likeness (QED) is 0.870. The van der Waals surface area contributed by atoms with E-state index in [1.807, 2.05) is 12.1 Å². The van der Waals surface area contributed by atoms with E-state index >= 15 is 0 Å². The SMILES string of the molecule is O=c1[nH]c(-c2ccc(Br)s2)ncc1Br. The summed E-state index contributed by atoms with van der Waals surface area (Å²) in [5.74, 6) is 0.592. The van der Waals surface area contributed by atoms with Crippen LogP contribution in [0.15, 0.2) is 31.4 Å². The number of aromatic amines is 1. The highest BCUT2D eigenvalue weighted by Gasteiger charge is 2.04. The summed E-state index contributed by atoms with van der Waals surface area (Å²) in [6, 6.07) is 3.82. The Kier molecular flexibility index (Phi) is 2.85. The predicted octanol–water partition coefficient (Wildman–Crippen LogP) is 3.02. The van der Waals surface area contributed by atoms with Crippen LogP contribution in [0.4, 0.5) is 0 Å². The molecule has 6 heteroatoms. The fourth-order valence-electron chi connectivity index (χ4n) is 0.946. The van der Waals surface area contributed by atoms with Crippen LogP contribution < -0.4 is 5.56 Å². The molecule has 2 aromatic heterocycles. The van der Waals surface area contributed by atoms with Gasteiger partial charge in [-0.15, -0.1) is 11.3 Å². The van der Waals surface area contributed by atoms with Crippen LogP contribution in [0.2, 0.25) is 0 Å². The van der Waals surface area contributed by atoms with Crippen molar-refractivity contribution >= 4 is 43.2 Å². The zero-order valence-electron chi connectivity index (χ0n) is 6.75. The minimum Gasteiger partial charge on any atom is -0.305 e. The first-order valence-electron chi connectivity index (χ1n) is 3.67. The van der Waals surface area contributed by atoms with E-state index in [0.29, 0.717) is 10.3 Å². The van der Waals surface area contributed by atoms with Gasteiger partial charge in [0.2, 0.25) is 0 Å². The Labute approximate surface area is 100 Å². The van der Waals surface area contributed by atoms with Gasteiger partial charge < -0.3 is 4.98 Å². The zero-order valence-corrected chi connectivity index (χ0v) is 10.7. The largest absolute Gasteiger partial charge is 0.305 e. The van der Waals surface area contributed by atoms with Crippen LogP contribution in [0.5, 0.6) is 0 Å². The molecule has 0 saturated carbocycles. The molecule has 2 aromatic rings. The second-order valence-corrected chi connectivity index (χ2v) is 5.83. The molecule has 2 heterocycles. The van der Waals surface area contributed by atoms with Gasteiger partial charge in [0.15, 0.2) is 0 Å². The molecule has 0 atom stereocenters. The zero-order chi connectivity index (χ0) is 10.1. The number of nitrogens with zero attached hydrogens (tertiary/aromatic N) is 1. The van der Waals surface area contributed by atoms with Gasteiger partial charge in [-0.05, 0) is 44.0 Å². The maximum Gasteiger partial charge on any atom is 0.265 e. The van der Waals surface area contributed by atoms with E-state index < -0.39 is 0 Å². The Hall–Kier alpha value is -0.460. The number of thiophene rings is 1. The lowest BCUT2D eigenvalue weighted by Gasteiger charge is -1.95. The maximum atomic E-state index is 11.3. The Morgan fingerprint density at radius 3 is 2.71 bits per heavy atom. The molecule has 2 rings (SSSR count). The summed E-state index contributed by atoms with van der Waals surface area (Å²) in [6.07, 6.45) is 1.50. The van der Waals surface area contributed by atoms with E-state index in [1.54, 1.807) is 0 Å². The van der Waals surface area contributed by atoms with Crippen molar-refractivity contribution in [2.24, 2.45) is 0 Å². The lowest BCUT2D eigenvalue weighted by molar-refractivity contribution is 1.12. The molecule has 0 aromatic carbocycles. The lowest BCUT2D eigenvalue weighted by atomic mass is 10.4. The van der Waals surface area contributed by atoms with Gasteiger partial charge in [0, 0.05) is 6.20 Å². The van der Waals surface area contributed by atoms with E-state index in [4.69, 9.17) is 0 Å². The van der Waals surface area contributed by atoms with Gasteiger partial charge in [0.1, 0.15) is 10.3 Å². The first-order valence-corrected chi connectivity index (χ1v) is 6.07. The first kappa shape index (κ1) is 10.1. The molecule has 72 valence electrons. The van der Waals surface area contributed by atoms with Gasteiger partial charge >= 0.3 is 0 Å². The molecule has 0 saturated heterocycles. The predicted molar refractivity (Wildman–Crippen MR) is 63.6 cm³/mol. The number of H-pyrrole nitrogens is 1. The second-order valence-electron chi connectivity index (χ2n) is 2.51. The summed E-state index contributed by atoms with van der Waals surface area (Å²) in [6.45, 7) is 0. The molecular weight excluding hydrogens is 332 g/mol. The minimum absolute atomic E-state index is 0.167. The normalized spacial score (nSPS) is 10.4. The van der Waals surface area contributed by atoms with Crippen LogP contribution in [-0.2, 0) is 0 Å². The highest BCUT2D eigenvalue weighted by Crippen LogP contribution is 2.28. The van der Waals surface area contributed by atoms with Crippen LogP contribution in [0.1, 0.15) is 0 Å². The standard InChI is InChI=1S/C8H4Br2N2OS/c9-4-3-11-7(12-8(4)13)5-1-2-6(10)14-5/h1-3H,(H,11,12,13). The molecular formula is C8H4Br2N2OS. The van der Waals surface area contributed by atoms with E-state index in [1.165, 1.54) is 17.5 Å². The molecule has 0 unspecified atom stereocenters. The topological polar surface area (TPSA) is 45.8 Å². The summed E-state index contributed by atoms with van der Waals surface area (Å²) < 4.78 is 1.45. The molecule has 3 nitrogen and oxygen atoms in total. The number of hydrogen-bond donors (Lipinski definition) is 1. The summed E-state index contributed by atoms with van der Waals surface area (Å²) in [7, 11) is 0. The second kappa shape index (κ2) is 3.96. The molecule has 0 bridgehead atoms. The molecule has 0 aliphatic heterocycles. The third kappa shape index (κ3) is 1.97. The minimum atomic E-state index is -0.167. The highest BCUT2D eigenvalue weighted by molar-refractivity contribution is 9.11. The smallest absolute Gasteiger partial charge is 0.265 e. The Balaban J connectivity index is 2.53. The first-order chi connectivity index (χ1) is 6.66. The summed E-state index contributed by atoms with van der Waals surface area (Å²) in [5.41, 5.74) is -0.167. The lowest BCUT2D eigenvalue weighted by Crippen LogP contribution is -2.08. The van der Waals surface area contributed by atoms with Crippen molar-refractivity contribution in [1.29, 1.82) is 0 Å². The average Bonchev–Trinajstić information content (AvgIpc) is 2.57. The van der Waals surface area contributed by atoms with Crippen molar-refractivity contribution in [3.8, 4) is 10.7 Å². The molecule has 1 N–H and O–H groups in total. The van der Waals surface area contributed by atoms with Crippen molar-refractivity contribution in [2.45, 2.75) is 0 Å². The number of aromatic nitrogens is 2. The van der Waals surface area contributed by atoms with Gasteiger partial charge in [0.05, 0.1) is 8.66 Å². The Bertz CT molecular complexity index is 520. The van der Waals surface area contributed by atoms with Gasteiger partial charge in [-0.1, -0.05) is 0 Å². The fraction of sp³-hybridized carbons (Fsp3) is 0. The van der Waals surface area contributed by atoms with Crippen LogP contribution in [0, 0.1) is 0 Å². The molecule has 0 amide bonds. The van der Waals surface area contributed by atoms with Crippen molar-refractivity contribution in [2.75, 3.05) is 0 Å². The van der Waals surface area contributed by atoms with Crippen LogP contribution >= 0.6 is 43.2 Å². The fourth-order valence-corrected chi connectivity index (χ4v) is 2.49. The van der Waals surface area contributed by atoms with E-state index in [9.17, 15) is 4.79 Å². The Morgan fingerprint density at radius 1 is 1.36 bits per heavy atom. The third-order valence-electron chi connectivity index (χ3n) is 1.56. The molecule has 0 fully saturated rings. The molecule has 14 heavy (non-hydrogen) atoms. The number of rotatable bonds is 1. The van der Waals surface area contributed by atoms with Gasteiger partial charge in [0.25, 0.3) is 5.56 Å². The number of hydrogen-bond acceptors (Lipinski definition) is 3. The summed E-state index contributed by atoms with van der Waals surface area (Å²) in [4.78, 5) is 19.0. The van der Waals surface area contributed by atoms with Crippen molar-refractivity contribution in [1.82, 2.24) is 9.97 Å². The third-order valence-corrected chi connectivity index (χ3v) is 3.76. The number of halogens is 2. The summed E-state index contributed by atoms with van der Waals surface area (Å²) in [5, 5.41) is 0. The van der Waals surface area contributed by atoms with Crippen molar-refractivity contribution in [3.63, 3.8) is 0 Å². The average molecular weight is 336 g/mol. The monoisotopic (exact) mass is 334 g/mol. The van der Waals surface area contributed by atoms with E-state index in [2.05, 4.69) is 41.8 Å². The van der Waals surface area contributed by atoms with Gasteiger partial charge in [-0.25, -0.2) is 4.98 Å². The molecule has 0 aliphatic rings. The van der Waals surface area contributed by atoms with Crippen LogP contribution in [-0.4, -0.2) is 9.97 Å². The molecule has 0 aliphatic carbocycles. The van der Waals surface area contributed by atoms with Crippen LogP contribution in [0.25, 0.3) is 10.7 Å². The number of nitrogens with one attached hydrogen (secondary N) is 1. The maximum absolute atomic E-state index is 11.3. The van der Waals surface area contributed by atoms with Gasteiger partial charge in [-0.2, -0.15) is 0 Å². The summed E-state index contributed by atoms with van der Waals surface area (Å²) >= 11 is 7.97. The van der Waals surface area contributed by atoms with Gasteiger partial charge in [-0.3, -0.25) is 4.79 Å². The molecule has 0 radical (unpaired) electrons. The van der Waals surface area contributed by atoms with E-state index in [-0.39, 0.29) is 5.56 Å². The van der Waals surface area contributed by atoms with Crippen LogP contribution in [0.3, 0.4) is 0 Å². The van der Waals surface area contributed by atoms with Crippen molar-refractivity contribution in [3.05, 3.63) is 36.9 Å². The van der Waals surface area contributed by atoms with E-state index in [0.717, 1.165) is 8.66 Å². The van der Waals surface area contributed by atoms with Crippen molar-refractivity contribution < 1.29 is 0 Å². The Morgan fingerprint density at radius 2 is 2.14 bits per heavy atom.